The zero-order valence-electron chi connectivity index (χ0n) is 20.9. The number of hydrogen-bond acceptors (Lipinski definition) is 5. The molecule has 3 N–H and O–H groups in total. The van der Waals surface area contributed by atoms with Crippen LogP contribution in [0.4, 0.5) is 16.3 Å². The van der Waals surface area contributed by atoms with Crippen LogP contribution in [0.15, 0.2) is 79.1 Å². The minimum absolute atomic E-state index is 0.360. The maximum atomic E-state index is 11.3. The van der Waals surface area contributed by atoms with E-state index < -0.39 is 6.03 Å². The molecule has 5 aromatic rings. The maximum absolute atomic E-state index is 11.3. The number of anilines is 2. The van der Waals surface area contributed by atoms with E-state index in [2.05, 4.69) is 26.3 Å². The van der Waals surface area contributed by atoms with E-state index in [1.807, 2.05) is 71.3 Å². The molecule has 2 aromatic heterocycles. The summed E-state index contributed by atoms with van der Waals surface area (Å²) < 4.78 is 2.00. The summed E-state index contributed by atoms with van der Waals surface area (Å²) in [6.45, 7) is 1.61. The highest BCUT2D eigenvalue weighted by Gasteiger charge is 2.26. The van der Waals surface area contributed by atoms with Gasteiger partial charge in [0, 0.05) is 35.1 Å². The van der Waals surface area contributed by atoms with Gasteiger partial charge in [-0.15, -0.1) is 0 Å². The topological polar surface area (TPSA) is 102 Å². The van der Waals surface area contributed by atoms with Crippen LogP contribution in [0.3, 0.4) is 0 Å². The van der Waals surface area contributed by atoms with Crippen molar-refractivity contribution in [2.45, 2.75) is 18.8 Å². The first-order chi connectivity index (χ1) is 19.0. The Balaban J connectivity index is 1.36. The van der Waals surface area contributed by atoms with Gasteiger partial charge >= 0.3 is 6.03 Å². The van der Waals surface area contributed by atoms with Crippen LogP contribution in [-0.2, 0) is 0 Å². The number of halogens is 2. The second-order valence-electron chi connectivity index (χ2n) is 9.47. The number of aromatic nitrogens is 4. The molecule has 3 heterocycles. The molecule has 196 valence electrons. The molecule has 0 radical (unpaired) electrons. The third-order valence-electron chi connectivity index (χ3n) is 7.04. The molecule has 2 amide bonds. The number of urea groups is 1. The Kier molecular flexibility index (Phi) is 6.81. The van der Waals surface area contributed by atoms with Crippen molar-refractivity contribution in [2.75, 3.05) is 23.3 Å². The van der Waals surface area contributed by atoms with Gasteiger partial charge in [0.25, 0.3) is 0 Å². The summed E-state index contributed by atoms with van der Waals surface area (Å²) in [6, 6.07) is 22.5. The highest BCUT2D eigenvalue weighted by atomic mass is 35.5. The number of primary amides is 1. The largest absolute Gasteiger partial charge is 0.355 e. The molecule has 0 bridgehead atoms. The molecule has 3 aromatic carbocycles. The molecule has 1 fully saturated rings. The van der Waals surface area contributed by atoms with Crippen molar-refractivity contribution in [1.82, 2.24) is 19.5 Å². The number of rotatable bonds is 5. The number of hydrogen-bond donors (Lipinski definition) is 2. The number of amides is 2. The molecular formula is C29H25Cl2N7O. The number of imidazole rings is 1. The van der Waals surface area contributed by atoms with Gasteiger partial charge in [0.15, 0.2) is 17.0 Å². The molecule has 8 nitrogen and oxygen atoms in total. The van der Waals surface area contributed by atoms with Crippen molar-refractivity contribution in [2.24, 2.45) is 5.73 Å². The zero-order chi connectivity index (χ0) is 26.9. The van der Waals surface area contributed by atoms with E-state index in [0.717, 1.165) is 43.0 Å². The smallest absolute Gasteiger partial charge is 0.316 e. The van der Waals surface area contributed by atoms with Crippen LogP contribution in [0.1, 0.15) is 24.3 Å². The minimum atomic E-state index is -0.566. The lowest BCUT2D eigenvalue weighted by molar-refractivity contribution is 0.259. The molecular weight excluding hydrogens is 533 g/mol. The Morgan fingerprint density at radius 3 is 2.46 bits per heavy atom. The summed E-state index contributed by atoms with van der Waals surface area (Å²) in [4.78, 5) is 27.9. The lowest BCUT2D eigenvalue weighted by Gasteiger charge is -2.33. The van der Waals surface area contributed by atoms with Gasteiger partial charge in [-0.1, -0.05) is 47.5 Å². The number of carbonyl (C=O) groups excluding carboxylic acids is 1. The van der Waals surface area contributed by atoms with Gasteiger partial charge in [-0.05, 0) is 72.9 Å². The molecule has 0 atom stereocenters. The first-order valence-electron chi connectivity index (χ1n) is 12.6. The number of nitrogens with zero attached hydrogens (tertiary/aromatic N) is 5. The van der Waals surface area contributed by atoms with Crippen LogP contribution < -0.4 is 16.0 Å². The molecule has 6 rings (SSSR count). The number of nitrogens with two attached hydrogens (primary N) is 1. The maximum Gasteiger partial charge on any atom is 0.316 e. The molecule has 1 saturated heterocycles. The fourth-order valence-electron chi connectivity index (χ4n) is 5.21. The predicted octanol–water partition coefficient (Wildman–Crippen LogP) is 6.66. The summed E-state index contributed by atoms with van der Waals surface area (Å²) in [5.41, 5.74) is 10.3. The lowest BCUT2D eigenvalue weighted by Crippen LogP contribution is -2.33. The summed E-state index contributed by atoms with van der Waals surface area (Å²) in [5, 5.41) is 3.92. The molecule has 0 saturated carbocycles. The van der Waals surface area contributed by atoms with Crippen molar-refractivity contribution in [3.05, 3.63) is 94.7 Å². The SMILES string of the molecule is NC(=O)Nc1cccc(C2CCN(c3ncnc4c3nc(-c3ccccc3Cl)n4-c3ccc(Cl)cc3)CC2)c1. The summed E-state index contributed by atoms with van der Waals surface area (Å²) in [6.07, 6.45) is 3.45. The van der Waals surface area contributed by atoms with E-state index in [-0.39, 0.29) is 0 Å². The van der Waals surface area contributed by atoms with E-state index in [1.165, 1.54) is 5.56 Å². The third-order valence-corrected chi connectivity index (χ3v) is 7.63. The van der Waals surface area contributed by atoms with Crippen LogP contribution in [0.2, 0.25) is 10.0 Å². The molecule has 0 unspecified atom stereocenters. The Morgan fingerprint density at radius 2 is 1.72 bits per heavy atom. The van der Waals surface area contributed by atoms with Crippen molar-refractivity contribution in [1.29, 1.82) is 0 Å². The first kappa shape index (κ1) is 25.2. The van der Waals surface area contributed by atoms with Crippen molar-refractivity contribution in [3.8, 4) is 17.1 Å². The van der Waals surface area contributed by atoms with Crippen molar-refractivity contribution >= 4 is 51.9 Å². The normalized spacial score (nSPS) is 14.1. The minimum Gasteiger partial charge on any atom is -0.355 e. The first-order valence-corrected chi connectivity index (χ1v) is 13.4. The standard InChI is InChI=1S/C29H25Cl2N7O/c30-20-8-10-22(11-9-20)38-26(23-6-1-2-7-24(23)31)36-25-27(33-17-34-28(25)38)37-14-12-18(13-15-37)19-4-3-5-21(16-19)35-29(32)39/h1-11,16-18H,12-15H2,(H3,32,35,39). The fourth-order valence-corrected chi connectivity index (χ4v) is 5.55. The van der Waals surface area contributed by atoms with E-state index in [1.54, 1.807) is 6.33 Å². The van der Waals surface area contributed by atoms with Gasteiger partial charge in [-0.2, -0.15) is 0 Å². The van der Waals surface area contributed by atoms with Gasteiger partial charge in [0.2, 0.25) is 0 Å². The molecule has 39 heavy (non-hydrogen) atoms. The summed E-state index contributed by atoms with van der Waals surface area (Å²) in [7, 11) is 0. The van der Waals surface area contributed by atoms with Crippen LogP contribution in [0, 0.1) is 0 Å². The summed E-state index contributed by atoms with van der Waals surface area (Å²) >= 11 is 12.8. The van der Waals surface area contributed by atoms with Gasteiger partial charge in [-0.3, -0.25) is 4.57 Å². The van der Waals surface area contributed by atoms with Crippen LogP contribution in [0.25, 0.3) is 28.2 Å². The lowest BCUT2D eigenvalue weighted by atomic mass is 9.89. The summed E-state index contributed by atoms with van der Waals surface area (Å²) in [5.74, 6) is 1.84. The molecule has 10 heteroatoms. The van der Waals surface area contributed by atoms with Gasteiger partial charge in [0.05, 0.1) is 5.02 Å². The number of nitrogens with one attached hydrogen (secondary N) is 1. The van der Waals surface area contributed by atoms with Gasteiger partial charge < -0.3 is 16.0 Å². The average molecular weight is 558 g/mol. The fraction of sp³-hybridized carbons (Fsp3) is 0.172. The molecule has 1 aliphatic rings. The van der Waals surface area contributed by atoms with E-state index in [0.29, 0.717) is 38.6 Å². The Labute approximate surface area is 235 Å². The molecule has 1 aliphatic heterocycles. The second kappa shape index (κ2) is 10.6. The van der Waals surface area contributed by atoms with Crippen molar-refractivity contribution < 1.29 is 4.79 Å². The number of fused-ring (bicyclic) bond motifs is 1. The monoisotopic (exact) mass is 557 g/mol. The van der Waals surface area contributed by atoms with E-state index in [9.17, 15) is 4.79 Å². The van der Waals surface area contributed by atoms with E-state index >= 15 is 0 Å². The number of benzene rings is 3. The van der Waals surface area contributed by atoms with Crippen LogP contribution >= 0.6 is 23.2 Å². The van der Waals surface area contributed by atoms with Crippen LogP contribution in [0.5, 0.6) is 0 Å². The van der Waals surface area contributed by atoms with Crippen molar-refractivity contribution in [3.63, 3.8) is 0 Å². The van der Waals surface area contributed by atoms with E-state index in [4.69, 9.17) is 33.9 Å². The molecule has 0 aliphatic carbocycles. The Bertz CT molecular complexity index is 1660. The molecule has 0 spiro atoms. The predicted molar refractivity (Wildman–Crippen MR) is 156 cm³/mol. The Morgan fingerprint density at radius 1 is 0.949 bits per heavy atom. The third kappa shape index (κ3) is 5.01. The Hall–Kier alpha value is -4.14. The second-order valence-corrected chi connectivity index (χ2v) is 10.3. The zero-order valence-corrected chi connectivity index (χ0v) is 22.4. The highest BCUT2D eigenvalue weighted by molar-refractivity contribution is 6.33. The highest BCUT2D eigenvalue weighted by Crippen LogP contribution is 2.37. The van der Waals surface area contributed by atoms with Crippen LogP contribution in [-0.4, -0.2) is 38.6 Å². The number of piperidine rings is 1. The quantitative estimate of drug-likeness (QED) is 0.251. The number of carbonyl (C=O) groups is 1. The average Bonchev–Trinajstić information content (AvgIpc) is 3.33. The van der Waals surface area contributed by atoms with Gasteiger partial charge in [-0.25, -0.2) is 19.7 Å². The van der Waals surface area contributed by atoms with Gasteiger partial charge in [0.1, 0.15) is 12.2 Å².